The van der Waals surface area contributed by atoms with Gasteiger partial charge in [0, 0.05) is 5.56 Å². The number of anilines is 2. The Kier molecular flexibility index (Phi) is 6.87. The lowest BCUT2D eigenvalue weighted by atomic mass is 9.87. The van der Waals surface area contributed by atoms with Gasteiger partial charge in [0.05, 0.1) is 31.7 Å². The molecule has 2 aromatic rings. The van der Waals surface area contributed by atoms with Gasteiger partial charge in [-0.15, -0.1) is 0 Å². The Bertz CT molecular complexity index is 986. The Hall–Kier alpha value is -3.67. The van der Waals surface area contributed by atoms with E-state index in [1.54, 1.807) is 23.1 Å². The van der Waals surface area contributed by atoms with Crippen LogP contribution in [0.5, 0.6) is 0 Å². The van der Waals surface area contributed by atoms with E-state index < -0.39 is 11.7 Å². The first kappa shape index (κ1) is 20.6. The van der Waals surface area contributed by atoms with E-state index in [1.165, 1.54) is 6.07 Å². The van der Waals surface area contributed by atoms with Gasteiger partial charge in [-0.1, -0.05) is 18.2 Å². The Balaban J connectivity index is 2.71. The van der Waals surface area contributed by atoms with Crippen LogP contribution in [0.25, 0.3) is 0 Å². The molecule has 0 fully saturated rings. The van der Waals surface area contributed by atoms with E-state index in [4.69, 9.17) is 5.73 Å². The average Bonchev–Trinajstić information content (AvgIpc) is 2.70. The molecule has 0 unspecified atom stereocenters. The summed E-state index contributed by atoms with van der Waals surface area (Å²) < 4.78 is 14.1. The van der Waals surface area contributed by atoms with Gasteiger partial charge in [0.1, 0.15) is 29.1 Å². The van der Waals surface area contributed by atoms with Crippen molar-refractivity contribution < 1.29 is 14.5 Å². The number of aromatic amines is 1. The van der Waals surface area contributed by atoms with Crippen molar-refractivity contribution >= 4 is 11.6 Å². The highest BCUT2D eigenvalue weighted by atomic mass is 19.1. The molecule has 0 saturated heterocycles. The van der Waals surface area contributed by atoms with Crippen LogP contribution >= 0.6 is 0 Å². The fourth-order valence-corrected chi connectivity index (χ4v) is 3.11. The van der Waals surface area contributed by atoms with Crippen molar-refractivity contribution in [3.63, 3.8) is 0 Å². The van der Waals surface area contributed by atoms with Crippen LogP contribution in [0.4, 0.5) is 16.0 Å². The van der Waals surface area contributed by atoms with Crippen molar-refractivity contribution in [2.75, 3.05) is 30.3 Å². The fraction of sp³-hybridized carbons (Fsp3) is 0.300. The molecule has 7 nitrogen and oxygen atoms in total. The molecule has 1 aromatic carbocycles. The third-order valence-corrected chi connectivity index (χ3v) is 4.48. The van der Waals surface area contributed by atoms with Crippen molar-refractivity contribution in [2.45, 2.75) is 19.3 Å². The van der Waals surface area contributed by atoms with Gasteiger partial charge >= 0.3 is 0 Å². The molecule has 1 atom stereocenters. The number of hydrogen-bond donors (Lipinski definition) is 2. The molecule has 8 heteroatoms. The topological polar surface area (TPSA) is 135 Å². The predicted octanol–water partition coefficient (Wildman–Crippen LogP) is 1.63. The number of benzene rings is 1. The van der Waals surface area contributed by atoms with Gasteiger partial charge in [0.25, 0.3) is 0 Å². The standard InChI is InChI=1S/C20H19FN6O/c1-2-27(7-8-28)20-16(12-24)18(15(11-23)19(25)26-20)14(10-22)9-13-5-3-4-6-17(13)21/h3-6,14,28H,2,7-9H2,1H3,(H2,25,26)/p+1/t14-/m0/s1. The monoisotopic (exact) mass is 379 g/mol. The number of likely N-dealkylation sites (N-methyl/N-ethyl adjacent to an activating group) is 1. The molecular formula is C20H20FN6O+. The Morgan fingerprint density at radius 2 is 1.89 bits per heavy atom. The highest BCUT2D eigenvalue weighted by molar-refractivity contribution is 5.66. The number of nitriles is 3. The van der Waals surface area contributed by atoms with Gasteiger partial charge in [0.2, 0.25) is 11.6 Å². The number of aliphatic hydroxyl groups excluding tert-OH is 1. The van der Waals surface area contributed by atoms with Crippen LogP contribution in [-0.2, 0) is 6.42 Å². The summed E-state index contributed by atoms with van der Waals surface area (Å²) in [6.07, 6.45) is -0.0123. The van der Waals surface area contributed by atoms with E-state index >= 15 is 0 Å². The molecule has 0 aliphatic rings. The molecule has 0 amide bonds. The Morgan fingerprint density at radius 3 is 2.43 bits per heavy atom. The van der Waals surface area contributed by atoms with E-state index in [2.05, 4.69) is 11.1 Å². The second-order valence-electron chi connectivity index (χ2n) is 6.06. The maximum atomic E-state index is 14.1. The number of nitrogens with one attached hydrogen (secondary N) is 1. The molecule has 0 aliphatic heterocycles. The lowest BCUT2D eigenvalue weighted by Gasteiger charge is -2.21. The van der Waals surface area contributed by atoms with E-state index in [-0.39, 0.29) is 42.1 Å². The van der Waals surface area contributed by atoms with E-state index in [9.17, 15) is 25.3 Å². The van der Waals surface area contributed by atoms with Crippen LogP contribution in [0.3, 0.4) is 0 Å². The largest absolute Gasteiger partial charge is 0.393 e. The zero-order chi connectivity index (χ0) is 20.7. The fourth-order valence-electron chi connectivity index (χ4n) is 3.11. The number of hydrogen-bond acceptors (Lipinski definition) is 6. The average molecular weight is 379 g/mol. The minimum atomic E-state index is -0.954. The van der Waals surface area contributed by atoms with Crippen LogP contribution in [0.15, 0.2) is 24.3 Å². The summed E-state index contributed by atoms with van der Waals surface area (Å²) in [6, 6.07) is 12.1. The molecule has 1 aromatic heterocycles. The maximum absolute atomic E-state index is 14.1. The van der Waals surface area contributed by atoms with Crippen LogP contribution in [0, 0.1) is 39.8 Å². The summed E-state index contributed by atoms with van der Waals surface area (Å²) in [5.74, 6) is -1.09. The molecule has 0 aliphatic carbocycles. The Morgan fingerprint density at radius 1 is 1.21 bits per heavy atom. The predicted molar refractivity (Wildman–Crippen MR) is 100 cm³/mol. The minimum absolute atomic E-state index is 0.0108. The number of nitrogen functional groups attached to an aromatic ring is 1. The molecule has 0 bridgehead atoms. The number of nitrogens with zero attached hydrogens (tertiary/aromatic N) is 4. The van der Waals surface area contributed by atoms with Gasteiger partial charge in [0.15, 0.2) is 0 Å². The highest BCUT2D eigenvalue weighted by Gasteiger charge is 2.30. The van der Waals surface area contributed by atoms with Crippen molar-refractivity contribution in [2.24, 2.45) is 0 Å². The van der Waals surface area contributed by atoms with Gasteiger partial charge < -0.3 is 10.8 Å². The zero-order valence-electron chi connectivity index (χ0n) is 15.4. The summed E-state index contributed by atoms with van der Waals surface area (Å²) >= 11 is 0. The summed E-state index contributed by atoms with van der Waals surface area (Å²) in [4.78, 5) is 4.53. The molecule has 28 heavy (non-hydrogen) atoms. The number of nitrogens with two attached hydrogens (primary N) is 1. The van der Waals surface area contributed by atoms with Gasteiger partial charge in [-0.25, -0.2) is 9.37 Å². The number of rotatable bonds is 7. The summed E-state index contributed by atoms with van der Waals surface area (Å²) in [5.41, 5.74) is 6.55. The van der Waals surface area contributed by atoms with Crippen molar-refractivity contribution in [3.8, 4) is 18.2 Å². The smallest absolute Gasteiger partial charge is 0.240 e. The van der Waals surface area contributed by atoms with Gasteiger partial charge in [-0.3, -0.25) is 4.90 Å². The molecule has 4 N–H and O–H groups in total. The van der Waals surface area contributed by atoms with Crippen LogP contribution in [0.1, 0.15) is 35.1 Å². The lowest BCUT2D eigenvalue weighted by molar-refractivity contribution is -0.347. The third kappa shape index (κ3) is 4.01. The molecule has 0 spiro atoms. The molecule has 0 radical (unpaired) electrons. The van der Waals surface area contributed by atoms with Crippen LogP contribution < -0.4 is 15.6 Å². The van der Waals surface area contributed by atoms with E-state index in [0.29, 0.717) is 17.9 Å². The molecule has 0 saturated carbocycles. The van der Waals surface area contributed by atoms with Crippen molar-refractivity contribution in [1.29, 1.82) is 15.8 Å². The third-order valence-electron chi connectivity index (χ3n) is 4.48. The molecule has 142 valence electrons. The van der Waals surface area contributed by atoms with Gasteiger partial charge in [-0.05, 0) is 25.0 Å². The first-order chi connectivity index (χ1) is 13.5. The normalized spacial score (nSPS) is 11.1. The van der Waals surface area contributed by atoms with Crippen LogP contribution in [-0.4, -0.2) is 24.8 Å². The summed E-state index contributed by atoms with van der Waals surface area (Å²) in [5, 5.41) is 38.4. The number of aliphatic hydroxyl groups is 1. The zero-order valence-corrected chi connectivity index (χ0v) is 15.4. The number of aromatic nitrogens is 1. The number of H-pyrrole nitrogens is 1. The molecular weight excluding hydrogens is 359 g/mol. The van der Waals surface area contributed by atoms with Crippen LogP contribution in [0.2, 0.25) is 0 Å². The highest BCUT2D eigenvalue weighted by Crippen LogP contribution is 2.32. The lowest BCUT2D eigenvalue weighted by Crippen LogP contribution is -2.35. The maximum Gasteiger partial charge on any atom is 0.240 e. The van der Waals surface area contributed by atoms with E-state index in [0.717, 1.165) is 0 Å². The molecule has 1 heterocycles. The van der Waals surface area contributed by atoms with Gasteiger partial charge in [-0.2, -0.15) is 15.8 Å². The van der Waals surface area contributed by atoms with E-state index in [1.807, 2.05) is 19.1 Å². The SMILES string of the molecule is CCN(CCO)c1[nH+]c(N)c(C#N)c([C@H](C#N)Cc2ccccc2F)c1C#N. The Labute approximate surface area is 162 Å². The first-order valence-electron chi connectivity index (χ1n) is 8.69. The quantitative estimate of drug-likeness (QED) is 0.751. The second kappa shape index (κ2) is 9.32. The number of halogens is 1. The first-order valence-corrected chi connectivity index (χ1v) is 8.69. The number of pyridine rings is 1. The van der Waals surface area contributed by atoms with Crippen molar-refractivity contribution in [1.82, 2.24) is 0 Å². The summed E-state index contributed by atoms with van der Waals surface area (Å²) in [7, 11) is 0. The molecule has 2 rings (SSSR count). The minimum Gasteiger partial charge on any atom is -0.393 e. The van der Waals surface area contributed by atoms with Crippen molar-refractivity contribution in [3.05, 3.63) is 52.3 Å². The second-order valence-corrected chi connectivity index (χ2v) is 6.06. The summed E-state index contributed by atoms with van der Waals surface area (Å²) in [6.45, 7) is 2.37.